The van der Waals surface area contributed by atoms with Gasteiger partial charge in [-0.1, -0.05) is 30.3 Å². The summed E-state index contributed by atoms with van der Waals surface area (Å²) in [6.07, 6.45) is 0. The number of nitriles is 2. The second-order valence-corrected chi connectivity index (χ2v) is 9.46. The topological polar surface area (TPSA) is 141 Å². The fourth-order valence-electron chi connectivity index (χ4n) is 4.60. The number of carboxylic acid groups (broad SMARTS) is 2. The Morgan fingerprint density at radius 3 is 1.30 bits per heavy atom. The molecule has 43 heavy (non-hydrogen) atoms. The van der Waals surface area contributed by atoms with Gasteiger partial charge in [0, 0.05) is 5.92 Å². The maximum Gasteiger partial charge on any atom is 0.336 e. The highest BCUT2D eigenvalue weighted by Gasteiger charge is 2.24. The Morgan fingerprint density at radius 2 is 0.953 bits per heavy atom. The third kappa shape index (κ3) is 6.51. The molecule has 0 saturated carbocycles. The summed E-state index contributed by atoms with van der Waals surface area (Å²) in [5.74, 6) is -0.848. The van der Waals surface area contributed by atoms with E-state index in [-0.39, 0.29) is 11.1 Å². The molecule has 0 radical (unpaired) electrons. The van der Waals surface area contributed by atoms with E-state index in [2.05, 4.69) is 12.1 Å². The summed E-state index contributed by atoms with van der Waals surface area (Å²) in [6, 6.07) is 35.9. The fraction of sp³-hybridized carbons (Fsp3) is 0.0286. The van der Waals surface area contributed by atoms with Gasteiger partial charge in [0.05, 0.1) is 34.4 Å². The van der Waals surface area contributed by atoms with Crippen LogP contribution in [-0.4, -0.2) is 22.2 Å². The lowest BCUT2D eigenvalue weighted by atomic mass is 9.82. The molecule has 5 rings (SSSR count). The molecule has 0 heterocycles. The quantitative estimate of drug-likeness (QED) is 0.174. The molecule has 8 heteroatoms. The maximum atomic E-state index is 12.3. The van der Waals surface area contributed by atoms with Crippen LogP contribution in [0.4, 0.5) is 0 Å². The first kappa shape index (κ1) is 28.2. The van der Waals surface area contributed by atoms with E-state index in [1.807, 2.05) is 24.3 Å². The maximum absolute atomic E-state index is 12.3. The summed E-state index contributed by atoms with van der Waals surface area (Å²) in [4.78, 5) is 23.9. The van der Waals surface area contributed by atoms with Gasteiger partial charge < -0.3 is 19.7 Å². The van der Waals surface area contributed by atoms with Crippen LogP contribution in [0.3, 0.4) is 0 Å². The molecule has 0 atom stereocenters. The average Bonchev–Trinajstić information content (AvgIpc) is 3.03. The molecule has 0 aliphatic heterocycles. The van der Waals surface area contributed by atoms with Crippen molar-refractivity contribution in [3.8, 4) is 35.1 Å². The Hall–Kier alpha value is -6.38. The van der Waals surface area contributed by atoms with E-state index in [0.29, 0.717) is 39.7 Å². The number of hydrogen-bond acceptors (Lipinski definition) is 6. The molecular weight excluding hydrogens is 544 g/mol. The highest BCUT2D eigenvalue weighted by molar-refractivity contribution is 5.95. The van der Waals surface area contributed by atoms with Crippen LogP contribution in [0.1, 0.15) is 54.5 Å². The zero-order valence-electron chi connectivity index (χ0n) is 22.5. The van der Waals surface area contributed by atoms with Crippen molar-refractivity contribution >= 4 is 11.9 Å². The lowest BCUT2D eigenvalue weighted by Gasteiger charge is -2.22. The van der Waals surface area contributed by atoms with Gasteiger partial charge in [0.25, 0.3) is 0 Å². The van der Waals surface area contributed by atoms with Gasteiger partial charge in [-0.15, -0.1) is 0 Å². The Bertz CT molecular complexity index is 1760. The molecule has 0 amide bonds. The number of benzene rings is 5. The molecule has 0 fully saturated rings. The molecule has 0 unspecified atom stereocenters. The van der Waals surface area contributed by atoms with Gasteiger partial charge in [0.2, 0.25) is 0 Å². The van der Waals surface area contributed by atoms with Crippen LogP contribution in [0.2, 0.25) is 0 Å². The van der Waals surface area contributed by atoms with Crippen LogP contribution in [0, 0.1) is 22.7 Å². The van der Waals surface area contributed by atoms with Crippen LogP contribution < -0.4 is 9.47 Å². The van der Waals surface area contributed by atoms with E-state index in [4.69, 9.17) is 20.0 Å². The van der Waals surface area contributed by atoms with Gasteiger partial charge in [0.15, 0.2) is 0 Å². The van der Waals surface area contributed by atoms with E-state index in [1.165, 1.54) is 12.1 Å². The molecule has 0 bridgehead atoms. The number of hydrogen-bond donors (Lipinski definition) is 2. The third-order valence-electron chi connectivity index (χ3n) is 6.71. The van der Waals surface area contributed by atoms with E-state index in [9.17, 15) is 19.8 Å². The van der Waals surface area contributed by atoms with Crippen molar-refractivity contribution in [3.63, 3.8) is 0 Å². The van der Waals surface area contributed by atoms with Crippen LogP contribution in [0.5, 0.6) is 23.0 Å². The Kier molecular flexibility index (Phi) is 8.14. The summed E-state index contributed by atoms with van der Waals surface area (Å²) in [5.41, 5.74) is 2.69. The number of carbonyl (C=O) groups is 2. The Balaban J connectivity index is 1.50. The Morgan fingerprint density at radius 1 is 0.558 bits per heavy atom. The zero-order valence-corrected chi connectivity index (χ0v) is 22.5. The molecule has 8 nitrogen and oxygen atoms in total. The van der Waals surface area contributed by atoms with Crippen LogP contribution in [0.25, 0.3) is 0 Å². The van der Waals surface area contributed by atoms with Crippen LogP contribution in [-0.2, 0) is 0 Å². The molecular formula is C35H22N2O6. The zero-order chi connectivity index (χ0) is 30.3. The molecule has 0 aliphatic rings. The third-order valence-corrected chi connectivity index (χ3v) is 6.71. The highest BCUT2D eigenvalue weighted by Crippen LogP contribution is 2.37. The summed E-state index contributed by atoms with van der Waals surface area (Å²) in [7, 11) is 0. The summed E-state index contributed by atoms with van der Waals surface area (Å²) >= 11 is 0. The van der Waals surface area contributed by atoms with Crippen molar-refractivity contribution in [2.24, 2.45) is 0 Å². The van der Waals surface area contributed by atoms with Crippen molar-refractivity contribution in [2.75, 3.05) is 0 Å². The Labute approximate surface area is 246 Å². The first-order valence-electron chi connectivity index (χ1n) is 13.0. The number of rotatable bonds is 9. The molecule has 5 aromatic carbocycles. The first-order valence-corrected chi connectivity index (χ1v) is 13.0. The lowest BCUT2D eigenvalue weighted by molar-refractivity contribution is 0.0695. The average molecular weight is 567 g/mol. The van der Waals surface area contributed by atoms with Gasteiger partial charge in [0.1, 0.15) is 23.0 Å². The number of carboxylic acids is 2. The predicted molar refractivity (Wildman–Crippen MR) is 157 cm³/mol. The van der Waals surface area contributed by atoms with Gasteiger partial charge in [-0.3, -0.25) is 0 Å². The summed E-state index contributed by atoms with van der Waals surface area (Å²) < 4.78 is 11.8. The molecule has 0 spiro atoms. The molecule has 0 aliphatic carbocycles. The SMILES string of the molecule is N#Cc1ccc(Oc2ccc(C(c3ccc(Oc4ccc(C#N)cc4)cc3)c3ccc(C(=O)O)cc3C(=O)O)cc2)cc1. The minimum absolute atomic E-state index is 0.124. The molecule has 0 saturated heterocycles. The normalized spacial score (nSPS) is 10.4. The second kappa shape index (κ2) is 12.4. The van der Waals surface area contributed by atoms with E-state index >= 15 is 0 Å². The minimum Gasteiger partial charge on any atom is -0.478 e. The fourth-order valence-corrected chi connectivity index (χ4v) is 4.60. The van der Waals surface area contributed by atoms with E-state index < -0.39 is 17.9 Å². The van der Waals surface area contributed by atoms with Gasteiger partial charge >= 0.3 is 11.9 Å². The van der Waals surface area contributed by atoms with Gasteiger partial charge in [-0.05, 0) is 102 Å². The summed E-state index contributed by atoms with van der Waals surface area (Å²) in [6.45, 7) is 0. The van der Waals surface area contributed by atoms with Gasteiger partial charge in [-0.25, -0.2) is 9.59 Å². The molecule has 5 aromatic rings. The smallest absolute Gasteiger partial charge is 0.336 e. The van der Waals surface area contributed by atoms with Crippen LogP contribution >= 0.6 is 0 Å². The monoisotopic (exact) mass is 566 g/mol. The molecule has 0 aromatic heterocycles. The number of aromatic carboxylic acids is 2. The number of ether oxygens (including phenoxy) is 2. The van der Waals surface area contributed by atoms with E-state index in [0.717, 1.165) is 17.2 Å². The number of nitrogens with zero attached hydrogens (tertiary/aromatic N) is 2. The van der Waals surface area contributed by atoms with Crippen molar-refractivity contribution in [3.05, 3.63) is 154 Å². The largest absolute Gasteiger partial charge is 0.478 e. The van der Waals surface area contributed by atoms with Gasteiger partial charge in [-0.2, -0.15) is 10.5 Å². The van der Waals surface area contributed by atoms with Crippen molar-refractivity contribution in [2.45, 2.75) is 5.92 Å². The van der Waals surface area contributed by atoms with Crippen molar-refractivity contribution in [1.29, 1.82) is 10.5 Å². The second-order valence-electron chi connectivity index (χ2n) is 9.46. The van der Waals surface area contributed by atoms with E-state index in [1.54, 1.807) is 72.8 Å². The standard InChI is InChI=1S/C35H22N2O6/c36-20-22-1-10-27(11-2-22)42-29-14-5-24(6-15-29)33(31-18-9-26(34(38)39)19-32(31)35(40)41)25-7-16-30(17-8-25)43-28-12-3-23(21-37)4-13-28/h1-19,33H,(H,38,39)(H,40,41). The minimum atomic E-state index is -1.25. The first-order chi connectivity index (χ1) is 20.8. The predicted octanol–water partition coefficient (Wildman–Crippen LogP) is 7.59. The molecule has 2 N–H and O–H groups in total. The van der Waals surface area contributed by atoms with Crippen molar-refractivity contribution in [1.82, 2.24) is 0 Å². The summed E-state index contributed by atoms with van der Waals surface area (Å²) in [5, 5.41) is 37.5. The lowest BCUT2D eigenvalue weighted by Crippen LogP contribution is -2.12. The molecule has 208 valence electrons. The highest BCUT2D eigenvalue weighted by atomic mass is 16.5. The van der Waals surface area contributed by atoms with Crippen LogP contribution in [0.15, 0.2) is 115 Å². The van der Waals surface area contributed by atoms with Crippen molar-refractivity contribution < 1.29 is 29.3 Å².